The van der Waals surface area contributed by atoms with Crippen LogP contribution in [0.1, 0.15) is 33.1 Å². The van der Waals surface area contributed by atoms with Crippen LogP contribution in [0, 0.1) is 5.92 Å². The summed E-state index contributed by atoms with van der Waals surface area (Å²) in [6.45, 7) is 5.50. The maximum absolute atomic E-state index is 11.7. The number of nitrogens with one attached hydrogen (secondary N) is 1. The van der Waals surface area contributed by atoms with Crippen LogP contribution in [0.25, 0.3) is 0 Å². The van der Waals surface area contributed by atoms with Crippen LogP contribution in [0.4, 0.5) is 0 Å². The fraction of sp³-hybridized carbons (Fsp3) is 0.909. The van der Waals surface area contributed by atoms with Crippen LogP contribution in [-0.2, 0) is 9.53 Å². The zero-order valence-electron chi connectivity index (χ0n) is 10.1. The SMILES string of the molecule is CCC(C)NC(=O)C(N)C1CCOCC1.Cl. The van der Waals surface area contributed by atoms with Gasteiger partial charge in [-0.2, -0.15) is 0 Å². The predicted molar refractivity (Wildman–Crippen MR) is 66.7 cm³/mol. The third kappa shape index (κ3) is 4.68. The molecule has 0 radical (unpaired) electrons. The van der Waals surface area contributed by atoms with Crippen molar-refractivity contribution in [2.24, 2.45) is 11.7 Å². The topological polar surface area (TPSA) is 64.4 Å². The number of ether oxygens (including phenoxy) is 1. The summed E-state index contributed by atoms with van der Waals surface area (Å²) in [5.41, 5.74) is 5.93. The molecule has 0 aliphatic carbocycles. The molecule has 5 heteroatoms. The van der Waals surface area contributed by atoms with Crippen LogP contribution in [-0.4, -0.2) is 31.2 Å². The minimum absolute atomic E-state index is 0. The van der Waals surface area contributed by atoms with Crippen LogP contribution in [0.2, 0.25) is 0 Å². The molecule has 0 bridgehead atoms. The number of halogens is 1. The molecular weight excluding hydrogens is 228 g/mol. The van der Waals surface area contributed by atoms with Gasteiger partial charge in [0.05, 0.1) is 6.04 Å². The molecule has 3 N–H and O–H groups in total. The number of nitrogens with two attached hydrogens (primary N) is 1. The molecule has 1 rings (SSSR count). The average molecular weight is 251 g/mol. The minimum atomic E-state index is -0.372. The van der Waals surface area contributed by atoms with Gasteiger partial charge < -0.3 is 15.8 Å². The van der Waals surface area contributed by atoms with E-state index in [-0.39, 0.29) is 36.3 Å². The normalized spacial score (nSPS) is 20.7. The number of rotatable bonds is 4. The maximum Gasteiger partial charge on any atom is 0.237 e. The third-order valence-electron chi connectivity index (χ3n) is 3.08. The van der Waals surface area contributed by atoms with Crippen LogP contribution in [0.15, 0.2) is 0 Å². The third-order valence-corrected chi connectivity index (χ3v) is 3.08. The Morgan fingerprint density at radius 2 is 2.06 bits per heavy atom. The standard InChI is InChI=1S/C11H22N2O2.ClH/c1-3-8(2)13-11(14)10(12)9-4-6-15-7-5-9;/h8-10H,3-7,12H2,1-2H3,(H,13,14);1H. The highest BCUT2D eigenvalue weighted by Crippen LogP contribution is 2.17. The molecule has 0 aromatic rings. The first-order valence-electron chi connectivity index (χ1n) is 5.78. The summed E-state index contributed by atoms with van der Waals surface area (Å²) in [5.74, 6) is 0.263. The van der Waals surface area contributed by atoms with Crippen molar-refractivity contribution < 1.29 is 9.53 Å². The zero-order valence-corrected chi connectivity index (χ0v) is 10.9. The number of amides is 1. The molecule has 0 spiro atoms. The lowest BCUT2D eigenvalue weighted by molar-refractivity contribution is -0.125. The lowest BCUT2D eigenvalue weighted by Gasteiger charge is -2.27. The summed E-state index contributed by atoms with van der Waals surface area (Å²) in [4.78, 5) is 11.7. The van der Waals surface area contributed by atoms with Crippen LogP contribution < -0.4 is 11.1 Å². The van der Waals surface area contributed by atoms with Crippen molar-refractivity contribution >= 4 is 18.3 Å². The van der Waals surface area contributed by atoms with Crippen molar-refractivity contribution in [3.8, 4) is 0 Å². The molecule has 4 nitrogen and oxygen atoms in total. The van der Waals surface area contributed by atoms with Crippen molar-refractivity contribution in [2.75, 3.05) is 13.2 Å². The Kier molecular flexibility index (Phi) is 7.72. The van der Waals surface area contributed by atoms with Crippen molar-refractivity contribution in [3.63, 3.8) is 0 Å². The summed E-state index contributed by atoms with van der Waals surface area (Å²) >= 11 is 0. The first-order valence-corrected chi connectivity index (χ1v) is 5.78. The molecule has 1 aliphatic heterocycles. The number of hydrogen-bond acceptors (Lipinski definition) is 3. The average Bonchev–Trinajstić information content (AvgIpc) is 2.29. The highest BCUT2D eigenvalue weighted by Gasteiger charge is 2.26. The fourth-order valence-corrected chi connectivity index (χ4v) is 1.73. The molecule has 16 heavy (non-hydrogen) atoms. The van der Waals surface area contributed by atoms with E-state index in [1.807, 2.05) is 13.8 Å². The molecule has 0 saturated carbocycles. The van der Waals surface area contributed by atoms with E-state index in [1.165, 1.54) is 0 Å². The molecular formula is C11H23ClN2O2. The van der Waals surface area contributed by atoms with E-state index in [0.29, 0.717) is 0 Å². The Bertz CT molecular complexity index is 208. The Morgan fingerprint density at radius 3 is 2.56 bits per heavy atom. The largest absolute Gasteiger partial charge is 0.381 e. The quantitative estimate of drug-likeness (QED) is 0.785. The van der Waals surface area contributed by atoms with E-state index < -0.39 is 0 Å². The highest BCUT2D eigenvalue weighted by molar-refractivity contribution is 5.85. The summed E-state index contributed by atoms with van der Waals surface area (Å²) < 4.78 is 5.24. The van der Waals surface area contributed by atoms with E-state index in [9.17, 15) is 4.79 Å². The molecule has 1 aliphatic rings. The predicted octanol–water partition coefficient (Wildman–Crippen LogP) is 1.08. The minimum Gasteiger partial charge on any atom is -0.381 e. The number of carbonyl (C=O) groups excluding carboxylic acids is 1. The van der Waals surface area contributed by atoms with E-state index in [2.05, 4.69) is 5.32 Å². The van der Waals surface area contributed by atoms with Crippen molar-refractivity contribution in [1.29, 1.82) is 0 Å². The molecule has 96 valence electrons. The van der Waals surface area contributed by atoms with Crippen LogP contribution in [0.3, 0.4) is 0 Å². The molecule has 1 amide bonds. The van der Waals surface area contributed by atoms with Gasteiger partial charge in [-0.05, 0) is 32.1 Å². The Hall–Kier alpha value is -0.320. The van der Waals surface area contributed by atoms with Gasteiger partial charge in [0.15, 0.2) is 0 Å². The smallest absolute Gasteiger partial charge is 0.237 e. The van der Waals surface area contributed by atoms with Crippen LogP contribution >= 0.6 is 12.4 Å². The first-order chi connectivity index (χ1) is 7.15. The van der Waals surface area contributed by atoms with Gasteiger partial charge in [-0.3, -0.25) is 4.79 Å². The molecule has 0 aromatic heterocycles. The number of carbonyl (C=O) groups is 1. The Labute approximate surface area is 104 Å². The second-order valence-electron chi connectivity index (χ2n) is 4.29. The van der Waals surface area contributed by atoms with Crippen LogP contribution in [0.5, 0.6) is 0 Å². The highest BCUT2D eigenvalue weighted by atomic mass is 35.5. The summed E-state index contributed by atoms with van der Waals surface area (Å²) in [6, 6.07) is -0.161. The molecule has 1 heterocycles. The van der Waals surface area contributed by atoms with Gasteiger partial charge in [0, 0.05) is 19.3 Å². The van der Waals surface area contributed by atoms with Gasteiger partial charge >= 0.3 is 0 Å². The number of hydrogen-bond donors (Lipinski definition) is 2. The maximum atomic E-state index is 11.7. The van der Waals surface area contributed by atoms with E-state index in [1.54, 1.807) is 0 Å². The second-order valence-corrected chi connectivity index (χ2v) is 4.29. The Morgan fingerprint density at radius 1 is 1.50 bits per heavy atom. The van der Waals surface area contributed by atoms with E-state index in [4.69, 9.17) is 10.5 Å². The van der Waals surface area contributed by atoms with Crippen molar-refractivity contribution in [1.82, 2.24) is 5.32 Å². The summed E-state index contributed by atoms with van der Waals surface area (Å²) in [7, 11) is 0. The van der Waals surface area contributed by atoms with E-state index in [0.717, 1.165) is 32.5 Å². The molecule has 2 atom stereocenters. The summed E-state index contributed by atoms with van der Waals surface area (Å²) in [6.07, 6.45) is 2.73. The van der Waals surface area contributed by atoms with Gasteiger partial charge in [-0.25, -0.2) is 0 Å². The summed E-state index contributed by atoms with van der Waals surface area (Å²) in [5, 5.41) is 2.92. The van der Waals surface area contributed by atoms with E-state index >= 15 is 0 Å². The van der Waals surface area contributed by atoms with Crippen molar-refractivity contribution in [3.05, 3.63) is 0 Å². The van der Waals surface area contributed by atoms with Gasteiger partial charge in [0.25, 0.3) is 0 Å². The Balaban J connectivity index is 0.00000225. The van der Waals surface area contributed by atoms with Crippen molar-refractivity contribution in [2.45, 2.75) is 45.2 Å². The zero-order chi connectivity index (χ0) is 11.3. The lowest BCUT2D eigenvalue weighted by atomic mass is 9.91. The van der Waals surface area contributed by atoms with Gasteiger partial charge in [-0.15, -0.1) is 12.4 Å². The molecule has 1 saturated heterocycles. The van der Waals surface area contributed by atoms with Gasteiger partial charge in [0.2, 0.25) is 5.91 Å². The molecule has 0 aromatic carbocycles. The fourth-order valence-electron chi connectivity index (χ4n) is 1.73. The lowest BCUT2D eigenvalue weighted by Crippen LogP contribution is -2.49. The first kappa shape index (κ1) is 15.7. The molecule has 2 unspecified atom stereocenters. The molecule has 1 fully saturated rings. The van der Waals surface area contributed by atoms with Gasteiger partial charge in [-0.1, -0.05) is 6.92 Å². The van der Waals surface area contributed by atoms with Gasteiger partial charge in [0.1, 0.15) is 0 Å². The second kappa shape index (κ2) is 7.87. The monoisotopic (exact) mass is 250 g/mol.